The fourth-order valence-electron chi connectivity index (χ4n) is 0.583. The summed E-state index contributed by atoms with van der Waals surface area (Å²) in [6.45, 7) is 6.28. The van der Waals surface area contributed by atoms with E-state index in [1.54, 1.807) is 0 Å². The van der Waals surface area contributed by atoms with Gasteiger partial charge in [-0.3, -0.25) is 4.90 Å². The third kappa shape index (κ3) is 2.80. The highest BCUT2D eigenvalue weighted by Crippen LogP contribution is 1.91. The molecule has 1 heteroatoms. The van der Waals surface area contributed by atoms with Crippen LogP contribution in [0, 0.1) is 0 Å². The van der Waals surface area contributed by atoms with E-state index in [9.17, 15) is 0 Å². The van der Waals surface area contributed by atoms with E-state index in [4.69, 9.17) is 0 Å². The fourth-order valence-corrected chi connectivity index (χ4v) is 0.583. The molecule has 1 heterocycles. The zero-order valence-corrected chi connectivity index (χ0v) is 6.02. The van der Waals surface area contributed by atoms with Gasteiger partial charge in [0.2, 0.25) is 0 Å². The van der Waals surface area contributed by atoms with Gasteiger partial charge in [-0.05, 0) is 7.05 Å². The minimum absolute atomic E-state index is 1.14. The van der Waals surface area contributed by atoms with E-state index in [-0.39, 0.29) is 0 Å². The smallest absolute Gasteiger partial charge is 0.0163 e. The Morgan fingerprint density at radius 1 is 1.12 bits per heavy atom. The summed E-state index contributed by atoms with van der Waals surface area (Å²) in [5.74, 6) is 0. The Bertz CT molecular complexity index is 58.8. The maximum Gasteiger partial charge on any atom is 0.0163 e. The lowest BCUT2D eigenvalue weighted by atomic mass is 10.6. The molecule has 48 valence electrons. The Morgan fingerprint density at radius 3 is 1.62 bits per heavy atom. The monoisotopic (exact) mass is 113 g/mol. The van der Waals surface area contributed by atoms with Gasteiger partial charge in [-0.2, -0.15) is 0 Å². The molecular weight excluding hydrogens is 98.1 g/mol. The van der Waals surface area contributed by atoms with Gasteiger partial charge in [0.05, 0.1) is 0 Å². The van der Waals surface area contributed by atoms with E-state index in [1.807, 2.05) is 13.8 Å². The molecule has 0 radical (unpaired) electrons. The third-order valence-electron chi connectivity index (χ3n) is 1.00. The van der Waals surface area contributed by atoms with Gasteiger partial charge in [0.1, 0.15) is 0 Å². The van der Waals surface area contributed by atoms with Gasteiger partial charge in [0, 0.05) is 13.1 Å². The van der Waals surface area contributed by atoms with Crippen molar-refractivity contribution >= 4 is 0 Å². The van der Waals surface area contributed by atoms with Crippen LogP contribution in [-0.2, 0) is 0 Å². The molecule has 1 rings (SSSR count). The van der Waals surface area contributed by atoms with Crippen LogP contribution in [0.15, 0.2) is 12.2 Å². The Kier molecular flexibility index (Phi) is 4.67. The quantitative estimate of drug-likeness (QED) is 0.430. The van der Waals surface area contributed by atoms with Crippen molar-refractivity contribution in [3.05, 3.63) is 12.2 Å². The van der Waals surface area contributed by atoms with Gasteiger partial charge in [-0.25, -0.2) is 0 Å². The van der Waals surface area contributed by atoms with Crippen molar-refractivity contribution in [1.29, 1.82) is 0 Å². The molecule has 1 aliphatic heterocycles. The summed E-state index contributed by atoms with van der Waals surface area (Å²) in [5.41, 5.74) is 0. The van der Waals surface area contributed by atoms with Crippen molar-refractivity contribution in [2.75, 3.05) is 20.1 Å². The molecule has 0 fully saturated rings. The van der Waals surface area contributed by atoms with Crippen molar-refractivity contribution in [2.24, 2.45) is 0 Å². The minimum Gasteiger partial charge on any atom is -0.299 e. The summed E-state index contributed by atoms with van der Waals surface area (Å²) in [4.78, 5) is 2.25. The van der Waals surface area contributed by atoms with Crippen molar-refractivity contribution < 1.29 is 0 Å². The molecule has 0 aromatic rings. The van der Waals surface area contributed by atoms with Gasteiger partial charge in [0.25, 0.3) is 0 Å². The Balaban J connectivity index is 0.000000222. The predicted molar refractivity (Wildman–Crippen MR) is 38.0 cm³/mol. The molecule has 0 bridgehead atoms. The highest BCUT2D eigenvalue weighted by atomic mass is 15.1. The van der Waals surface area contributed by atoms with Crippen LogP contribution >= 0.6 is 0 Å². The van der Waals surface area contributed by atoms with Crippen molar-refractivity contribution in [3.8, 4) is 0 Å². The molecule has 0 aromatic heterocycles. The summed E-state index contributed by atoms with van der Waals surface area (Å²) < 4.78 is 0. The largest absolute Gasteiger partial charge is 0.299 e. The van der Waals surface area contributed by atoms with Crippen LogP contribution in [0.1, 0.15) is 13.8 Å². The molecule has 0 aliphatic carbocycles. The molecule has 0 N–H and O–H groups in total. The summed E-state index contributed by atoms with van der Waals surface area (Å²) in [5, 5.41) is 0. The summed E-state index contributed by atoms with van der Waals surface area (Å²) >= 11 is 0. The van der Waals surface area contributed by atoms with E-state index >= 15 is 0 Å². The average molecular weight is 113 g/mol. The molecule has 0 amide bonds. The SMILES string of the molecule is CC.CN1CC=CC1. The standard InChI is InChI=1S/C5H9N.C2H6/c1-6-4-2-3-5-6;1-2/h2-3H,4-5H2,1H3;1-2H3. The van der Waals surface area contributed by atoms with Crippen LogP contribution in [0.25, 0.3) is 0 Å². The van der Waals surface area contributed by atoms with E-state index in [0.717, 1.165) is 13.1 Å². The lowest BCUT2D eigenvalue weighted by molar-refractivity contribution is 0.435. The van der Waals surface area contributed by atoms with Gasteiger partial charge in [0.15, 0.2) is 0 Å². The van der Waals surface area contributed by atoms with Crippen molar-refractivity contribution in [3.63, 3.8) is 0 Å². The molecule has 8 heavy (non-hydrogen) atoms. The number of nitrogens with zero attached hydrogens (tertiary/aromatic N) is 1. The summed E-state index contributed by atoms with van der Waals surface area (Å²) in [6.07, 6.45) is 4.36. The number of likely N-dealkylation sites (N-methyl/N-ethyl adjacent to an activating group) is 1. The van der Waals surface area contributed by atoms with Crippen LogP contribution < -0.4 is 0 Å². The molecule has 0 spiro atoms. The third-order valence-corrected chi connectivity index (χ3v) is 1.00. The average Bonchev–Trinajstić information content (AvgIpc) is 2.24. The maximum atomic E-state index is 2.25. The highest BCUT2D eigenvalue weighted by molar-refractivity contribution is 4.93. The number of hydrogen-bond donors (Lipinski definition) is 0. The first-order valence-electron chi connectivity index (χ1n) is 3.23. The van der Waals surface area contributed by atoms with Crippen LogP contribution in [0.3, 0.4) is 0 Å². The van der Waals surface area contributed by atoms with Gasteiger partial charge < -0.3 is 0 Å². The first kappa shape index (κ1) is 7.70. The summed E-state index contributed by atoms with van der Waals surface area (Å²) in [7, 11) is 2.11. The summed E-state index contributed by atoms with van der Waals surface area (Å²) in [6, 6.07) is 0. The first-order chi connectivity index (χ1) is 3.89. The zero-order valence-electron chi connectivity index (χ0n) is 6.02. The Morgan fingerprint density at radius 2 is 1.50 bits per heavy atom. The first-order valence-corrected chi connectivity index (χ1v) is 3.23. The topological polar surface area (TPSA) is 3.24 Å². The molecular formula is C7H15N. The Labute approximate surface area is 52.0 Å². The molecule has 1 nitrogen and oxygen atoms in total. The molecule has 0 saturated carbocycles. The second kappa shape index (κ2) is 4.85. The minimum atomic E-state index is 1.14. The lowest BCUT2D eigenvalue weighted by Gasteiger charge is -2.01. The van der Waals surface area contributed by atoms with E-state index < -0.39 is 0 Å². The number of rotatable bonds is 0. The van der Waals surface area contributed by atoms with Crippen molar-refractivity contribution in [2.45, 2.75) is 13.8 Å². The molecule has 0 atom stereocenters. The molecule has 1 aliphatic rings. The van der Waals surface area contributed by atoms with Crippen molar-refractivity contribution in [1.82, 2.24) is 4.90 Å². The number of hydrogen-bond acceptors (Lipinski definition) is 1. The van der Waals surface area contributed by atoms with Gasteiger partial charge in [-0.15, -0.1) is 0 Å². The lowest BCUT2D eigenvalue weighted by Crippen LogP contribution is -2.11. The zero-order chi connectivity index (χ0) is 6.41. The second-order valence-electron chi connectivity index (χ2n) is 1.69. The van der Waals surface area contributed by atoms with Crippen LogP contribution in [0.5, 0.6) is 0 Å². The van der Waals surface area contributed by atoms with Crippen LogP contribution in [-0.4, -0.2) is 25.0 Å². The normalized spacial score (nSPS) is 17.9. The second-order valence-corrected chi connectivity index (χ2v) is 1.69. The fraction of sp³-hybridized carbons (Fsp3) is 0.714. The molecule has 0 saturated heterocycles. The van der Waals surface area contributed by atoms with E-state index in [0.29, 0.717) is 0 Å². The Hall–Kier alpha value is -0.300. The predicted octanol–water partition coefficient (Wildman–Crippen LogP) is 1.51. The van der Waals surface area contributed by atoms with Gasteiger partial charge >= 0.3 is 0 Å². The molecule has 0 unspecified atom stereocenters. The van der Waals surface area contributed by atoms with Crippen LogP contribution in [0.4, 0.5) is 0 Å². The molecule has 0 aromatic carbocycles. The maximum absolute atomic E-state index is 2.25. The van der Waals surface area contributed by atoms with E-state index in [2.05, 4.69) is 24.1 Å². The van der Waals surface area contributed by atoms with Gasteiger partial charge in [-0.1, -0.05) is 26.0 Å². The van der Waals surface area contributed by atoms with E-state index in [1.165, 1.54) is 0 Å². The van der Waals surface area contributed by atoms with Crippen LogP contribution in [0.2, 0.25) is 0 Å². The highest BCUT2D eigenvalue weighted by Gasteiger charge is 1.94.